The molecule has 1 aliphatic carbocycles. The maximum atomic E-state index is 13.6. The number of amides is 2. The van der Waals surface area contributed by atoms with E-state index < -0.39 is 28.3 Å². The SMILES string of the molecule is Cc1c(CNC(=O)OCC2c3ccccc3-c3ccccc32)cc(N2CCN(C(=O)OC(C)(C)C)CC2)cc1OS(=O)(=O)F. The predicted molar refractivity (Wildman–Crippen MR) is 164 cm³/mol. The number of hydrogen-bond acceptors (Lipinski definition) is 8. The molecule has 1 heterocycles. The van der Waals surface area contributed by atoms with Crippen molar-refractivity contribution in [2.45, 2.75) is 45.8 Å². The summed E-state index contributed by atoms with van der Waals surface area (Å²) in [5.74, 6) is -0.295. The van der Waals surface area contributed by atoms with E-state index in [2.05, 4.69) is 21.6 Å². The van der Waals surface area contributed by atoms with Crippen LogP contribution < -0.4 is 14.4 Å². The van der Waals surface area contributed by atoms with E-state index in [0.717, 1.165) is 22.3 Å². The fraction of sp³-hybridized carbons (Fsp3) is 0.375. The molecule has 0 atom stereocenters. The van der Waals surface area contributed by atoms with E-state index in [1.165, 1.54) is 6.07 Å². The first-order valence-electron chi connectivity index (χ1n) is 14.4. The van der Waals surface area contributed by atoms with Gasteiger partial charge in [0.2, 0.25) is 0 Å². The molecule has 12 heteroatoms. The molecule has 1 saturated heterocycles. The molecule has 1 aliphatic heterocycles. The number of benzene rings is 3. The molecule has 0 unspecified atom stereocenters. The third-order valence-electron chi connectivity index (χ3n) is 7.71. The summed E-state index contributed by atoms with van der Waals surface area (Å²) in [4.78, 5) is 28.8. The number of hydrogen-bond donors (Lipinski definition) is 1. The van der Waals surface area contributed by atoms with Crippen molar-refractivity contribution in [2.24, 2.45) is 0 Å². The predicted octanol–water partition coefficient (Wildman–Crippen LogP) is 5.68. The van der Waals surface area contributed by atoms with Crippen molar-refractivity contribution in [3.8, 4) is 16.9 Å². The average Bonchev–Trinajstić information content (AvgIpc) is 3.28. The lowest BCUT2D eigenvalue weighted by Gasteiger charge is -2.37. The average molecular weight is 626 g/mol. The fourth-order valence-electron chi connectivity index (χ4n) is 5.58. The first-order valence-corrected chi connectivity index (χ1v) is 15.7. The van der Waals surface area contributed by atoms with E-state index in [9.17, 15) is 21.9 Å². The van der Waals surface area contributed by atoms with Gasteiger partial charge in [-0.2, -0.15) is 8.42 Å². The first kappa shape index (κ1) is 31.1. The summed E-state index contributed by atoms with van der Waals surface area (Å²) in [6.45, 7) is 8.67. The summed E-state index contributed by atoms with van der Waals surface area (Å²) in [6.07, 6.45) is -1.06. The molecule has 2 aliphatic rings. The molecule has 2 amide bonds. The molecular formula is C32H36FN3O7S. The molecule has 0 aromatic heterocycles. The van der Waals surface area contributed by atoms with Crippen LogP contribution >= 0.6 is 0 Å². The molecule has 10 nitrogen and oxygen atoms in total. The minimum Gasteiger partial charge on any atom is -0.449 e. The normalized spacial score (nSPS) is 14.9. The van der Waals surface area contributed by atoms with Crippen molar-refractivity contribution in [1.82, 2.24) is 10.2 Å². The molecule has 234 valence electrons. The smallest absolute Gasteiger partial charge is 0.449 e. The van der Waals surface area contributed by atoms with Gasteiger partial charge >= 0.3 is 22.7 Å². The summed E-state index contributed by atoms with van der Waals surface area (Å²) < 4.78 is 52.1. The van der Waals surface area contributed by atoms with E-state index in [4.69, 9.17) is 9.47 Å². The lowest BCUT2D eigenvalue weighted by Crippen LogP contribution is -2.50. The molecule has 5 rings (SSSR count). The Hall–Kier alpha value is -4.32. The van der Waals surface area contributed by atoms with Crippen molar-refractivity contribution in [3.05, 3.63) is 82.9 Å². The Balaban J connectivity index is 1.26. The monoisotopic (exact) mass is 625 g/mol. The second-order valence-corrected chi connectivity index (χ2v) is 12.8. The molecule has 3 aromatic rings. The highest BCUT2D eigenvalue weighted by Crippen LogP contribution is 2.44. The van der Waals surface area contributed by atoms with Crippen molar-refractivity contribution in [3.63, 3.8) is 0 Å². The fourth-order valence-corrected chi connectivity index (χ4v) is 5.97. The van der Waals surface area contributed by atoms with Gasteiger partial charge in [0, 0.05) is 50.4 Å². The molecule has 1 fully saturated rings. The minimum absolute atomic E-state index is 0.0170. The van der Waals surface area contributed by atoms with Crippen LogP contribution in [0.25, 0.3) is 11.1 Å². The van der Waals surface area contributed by atoms with E-state index in [1.807, 2.05) is 41.3 Å². The topological polar surface area (TPSA) is 114 Å². The number of rotatable bonds is 7. The Morgan fingerprint density at radius 3 is 2.11 bits per heavy atom. The standard InChI is InChI=1S/C32H36FN3O7S/c1-21-22(19-34-30(37)41-20-28-26-11-7-5-9-24(26)25-10-6-8-12-27(25)28)17-23(18-29(21)43-44(33,39)40)35-13-15-36(16-14-35)31(38)42-32(2,3)4/h5-12,17-18,28H,13-16,19-20H2,1-4H3,(H,34,37). The molecule has 44 heavy (non-hydrogen) atoms. The number of carbonyl (C=O) groups is 2. The van der Waals surface area contributed by atoms with E-state index in [-0.39, 0.29) is 24.8 Å². The van der Waals surface area contributed by atoms with Gasteiger partial charge in [0.25, 0.3) is 0 Å². The zero-order valence-corrected chi connectivity index (χ0v) is 25.9. The van der Waals surface area contributed by atoms with Gasteiger partial charge in [-0.15, -0.1) is 0 Å². The van der Waals surface area contributed by atoms with Gasteiger partial charge in [-0.3, -0.25) is 0 Å². The molecule has 0 radical (unpaired) electrons. The molecule has 3 aromatic carbocycles. The Morgan fingerprint density at radius 2 is 1.55 bits per heavy atom. The number of piperazine rings is 1. The summed E-state index contributed by atoms with van der Waals surface area (Å²) in [5.41, 5.74) is 5.22. The highest BCUT2D eigenvalue weighted by molar-refractivity contribution is 7.81. The summed E-state index contributed by atoms with van der Waals surface area (Å²) in [7, 11) is -5.30. The summed E-state index contributed by atoms with van der Waals surface area (Å²) in [5, 5.41) is 2.73. The third kappa shape index (κ3) is 7.24. The van der Waals surface area contributed by atoms with Gasteiger partial charge in [0.1, 0.15) is 12.2 Å². The van der Waals surface area contributed by atoms with Gasteiger partial charge in [-0.05, 0) is 67.1 Å². The lowest BCUT2D eigenvalue weighted by atomic mass is 9.98. The quantitative estimate of drug-likeness (QED) is 0.334. The first-order chi connectivity index (χ1) is 20.8. The van der Waals surface area contributed by atoms with Crippen LogP contribution in [-0.4, -0.2) is 63.9 Å². The van der Waals surface area contributed by atoms with Crippen LogP contribution in [0.5, 0.6) is 5.75 Å². The molecular weight excluding hydrogens is 589 g/mol. The Kier molecular flexibility index (Phi) is 8.73. The van der Waals surface area contributed by atoms with Crippen LogP contribution in [0.2, 0.25) is 0 Å². The highest BCUT2D eigenvalue weighted by atomic mass is 32.3. The van der Waals surface area contributed by atoms with E-state index in [0.29, 0.717) is 43.0 Å². The number of anilines is 1. The van der Waals surface area contributed by atoms with Crippen molar-refractivity contribution in [1.29, 1.82) is 0 Å². The maximum Gasteiger partial charge on any atom is 0.488 e. The van der Waals surface area contributed by atoms with E-state index >= 15 is 0 Å². The number of nitrogens with one attached hydrogen (secondary N) is 1. The molecule has 0 saturated carbocycles. The van der Waals surface area contributed by atoms with Crippen LogP contribution in [-0.2, 0) is 26.5 Å². The number of carbonyl (C=O) groups excluding carboxylic acids is 2. The molecule has 1 N–H and O–H groups in total. The van der Waals surface area contributed by atoms with Gasteiger partial charge in [0.05, 0.1) is 0 Å². The van der Waals surface area contributed by atoms with Gasteiger partial charge in [0.15, 0.2) is 5.75 Å². The van der Waals surface area contributed by atoms with Gasteiger partial charge in [-0.1, -0.05) is 52.4 Å². The number of ether oxygens (including phenoxy) is 2. The van der Waals surface area contributed by atoms with Crippen LogP contribution in [0, 0.1) is 6.92 Å². The minimum atomic E-state index is -5.30. The van der Waals surface area contributed by atoms with Crippen LogP contribution in [0.1, 0.15) is 48.9 Å². The lowest BCUT2D eigenvalue weighted by molar-refractivity contribution is 0.0240. The molecule has 0 spiro atoms. The number of alkyl carbamates (subject to hydrolysis) is 1. The summed E-state index contributed by atoms with van der Waals surface area (Å²) in [6, 6.07) is 19.3. The summed E-state index contributed by atoms with van der Waals surface area (Å²) >= 11 is 0. The largest absolute Gasteiger partial charge is 0.488 e. The zero-order chi connectivity index (χ0) is 31.6. The van der Waals surface area contributed by atoms with Crippen molar-refractivity contribution >= 4 is 28.4 Å². The second-order valence-electron chi connectivity index (χ2n) is 11.8. The third-order valence-corrected chi connectivity index (χ3v) is 8.08. The van der Waals surface area contributed by atoms with Gasteiger partial charge < -0.3 is 28.8 Å². The van der Waals surface area contributed by atoms with Crippen LogP contribution in [0.3, 0.4) is 0 Å². The second kappa shape index (κ2) is 12.4. The number of fused-ring (bicyclic) bond motifs is 3. The van der Waals surface area contributed by atoms with Crippen LogP contribution in [0.15, 0.2) is 60.7 Å². The maximum absolute atomic E-state index is 13.6. The van der Waals surface area contributed by atoms with Crippen molar-refractivity contribution in [2.75, 3.05) is 37.7 Å². The Morgan fingerprint density at radius 1 is 0.955 bits per heavy atom. The zero-order valence-electron chi connectivity index (χ0n) is 25.1. The Labute approximate surface area is 257 Å². The molecule has 0 bridgehead atoms. The van der Waals surface area contributed by atoms with Gasteiger partial charge in [-0.25, -0.2) is 9.59 Å². The van der Waals surface area contributed by atoms with E-state index in [1.54, 1.807) is 38.7 Å². The van der Waals surface area contributed by atoms with Crippen LogP contribution in [0.4, 0.5) is 19.2 Å². The number of nitrogens with zero attached hydrogens (tertiary/aromatic N) is 2. The number of halogens is 1. The van der Waals surface area contributed by atoms with Crippen molar-refractivity contribution < 1.29 is 35.5 Å². The Bertz CT molecular complexity index is 1620. The highest BCUT2D eigenvalue weighted by Gasteiger charge is 2.30.